The van der Waals surface area contributed by atoms with Gasteiger partial charge in [-0.1, -0.05) is 42.5 Å². The van der Waals surface area contributed by atoms with Crippen molar-refractivity contribution in [1.29, 1.82) is 0 Å². The number of rotatable bonds is 14. The minimum Gasteiger partial charge on any atom is -0.494 e. The second-order valence-electron chi connectivity index (χ2n) is 11.0. The van der Waals surface area contributed by atoms with Crippen LogP contribution in [0.4, 0.5) is 0 Å². The summed E-state index contributed by atoms with van der Waals surface area (Å²) in [5, 5.41) is 4.18. The van der Waals surface area contributed by atoms with Crippen LogP contribution in [-0.4, -0.2) is 64.6 Å². The number of aliphatic imine (C=N–C) groups is 1. The monoisotopic (exact) mass is 608 g/mol. The second-order valence-corrected chi connectivity index (χ2v) is 11.0. The Morgan fingerprint density at radius 3 is 2.76 bits per heavy atom. The minimum absolute atomic E-state index is 0.0423. The van der Waals surface area contributed by atoms with Crippen molar-refractivity contribution >= 4 is 22.9 Å². The van der Waals surface area contributed by atoms with Crippen LogP contribution < -0.4 is 27.2 Å². The topological polar surface area (TPSA) is 157 Å². The van der Waals surface area contributed by atoms with Crippen molar-refractivity contribution in [3.05, 3.63) is 101 Å². The van der Waals surface area contributed by atoms with Crippen LogP contribution in [0, 0.1) is 0 Å². The second kappa shape index (κ2) is 15.0. The first-order valence-electron chi connectivity index (χ1n) is 15.2. The van der Waals surface area contributed by atoms with Gasteiger partial charge in [0, 0.05) is 55.1 Å². The molecule has 2 heterocycles. The molecule has 2 aromatic carbocycles. The molecule has 0 aliphatic heterocycles. The van der Waals surface area contributed by atoms with Crippen molar-refractivity contribution in [3.63, 3.8) is 0 Å². The molecule has 1 amide bonds. The molecule has 0 spiro atoms. The van der Waals surface area contributed by atoms with Gasteiger partial charge in [0.05, 0.1) is 12.3 Å². The van der Waals surface area contributed by atoms with Crippen LogP contribution in [0.1, 0.15) is 31.2 Å². The molecule has 0 fully saturated rings. The fourth-order valence-electron chi connectivity index (χ4n) is 5.09. The lowest BCUT2D eigenvalue weighted by Gasteiger charge is -2.19. The molecule has 0 unspecified atom stereocenters. The largest absolute Gasteiger partial charge is 0.494 e. The molecule has 0 saturated heterocycles. The summed E-state index contributed by atoms with van der Waals surface area (Å²) in [5.74, 6) is 0.880. The molecule has 6 N–H and O–H groups in total. The Kier molecular flexibility index (Phi) is 10.4. The van der Waals surface area contributed by atoms with Gasteiger partial charge in [-0.15, -0.1) is 0 Å². The number of hydrogen-bond donors (Lipinski definition) is 4. The Hall–Kier alpha value is -5.16. The third-order valence-corrected chi connectivity index (χ3v) is 7.50. The Labute approximate surface area is 262 Å². The van der Waals surface area contributed by atoms with Crippen LogP contribution in [-0.2, 0) is 11.3 Å². The summed E-state index contributed by atoms with van der Waals surface area (Å²) in [7, 11) is 1.82. The van der Waals surface area contributed by atoms with E-state index in [1.54, 1.807) is 15.7 Å². The van der Waals surface area contributed by atoms with E-state index in [0.717, 1.165) is 65.0 Å². The first-order valence-corrected chi connectivity index (χ1v) is 15.2. The van der Waals surface area contributed by atoms with Crippen molar-refractivity contribution < 1.29 is 9.53 Å². The third kappa shape index (κ3) is 8.48. The number of aromatic amines is 1. The molecule has 5 rings (SSSR count). The van der Waals surface area contributed by atoms with Crippen LogP contribution in [0.25, 0.3) is 28.0 Å². The molecular weight excluding hydrogens is 568 g/mol. The first kappa shape index (κ1) is 31.3. The van der Waals surface area contributed by atoms with Gasteiger partial charge in [-0.2, -0.15) is 4.98 Å². The summed E-state index contributed by atoms with van der Waals surface area (Å²) < 4.78 is 7.56. The zero-order valence-corrected chi connectivity index (χ0v) is 25.5. The van der Waals surface area contributed by atoms with Gasteiger partial charge in [-0.3, -0.25) is 14.4 Å². The SMILES string of the molecule is CN(CCCOc1cccc(-c2cc3cn(-c4ccc(CNCCCN=C(N)N)cc4)c(=O)nc3[nH]2)c1)C(=O)C1=CCCC=C1. The maximum absolute atomic E-state index is 12.9. The summed E-state index contributed by atoms with van der Waals surface area (Å²) in [6, 6.07) is 17.6. The number of likely N-dealkylation sites (N-methyl/N-ethyl adjacent to an activating group) is 1. The Balaban J connectivity index is 1.17. The fourth-order valence-corrected chi connectivity index (χ4v) is 5.09. The Morgan fingerprint density at radius 1 is 1.13 bits per heavy atom. The number of nitrogens with two attached hydrogens (primary N) is 2. The van der Waals surface area contributed by atoms with Gasteiger partial charge in [-0.25, -0.2) is 4.79 Å². The van der Waals surface area contributed by atoms with Gasteiger partial charge in [0.1, 0.15) is 11.4 Å². The molecule has 45 heavy (non-hydrogen) atoms. The van der Waals surface area contributed by atoms with E-state index in [9.17, 15) is 9.59 Å². The van der Waals surface area contributed by atoms with Crippen LogP contribution >= 0.6 is 0 Å². The van der Waals surface area contributed by atoms with Gasteiger partial charge in [0.25, 0.3) is 5.91 Å². The van der Waals surface area contributed by atoms with Crippen molar-refractivity contribution in [2.45, 2.75) is 32.2 Å². The number of amides is 1. The number of nitrogens with one attached hydrogen (secondary N) is 2. The average molecular weight is 609 g/mol. The number of allylic oxidation sites excluding steroid dienone is 2. The number of ether oxygens (including phenoxy) is 1. The smallest absolute Gasteiger partial charge is 0.354 e. The number of carbonyl (C=O) groups is 1. The molecule has 234 valence electrons. The summed E-state index contributed by atoms with van der Waals surface area (Å²) in [6.07, 6.45) is 11.2. The number of guanidine groups is 1. The van der Waals surface area contributed by atoms with Crippen molar-refractivity contribution in [2.75, 3.05) is 33.3 Å². The van der Waals surface area contributed by atoms with Gasteiger partial charge in [0.15, 0.2) is 5.96 Å². The fraction of sp³-hybridized carbons (Fsp3) is 0.294. The Morgan fingerprint density at radius 2 is 1.98 bits per heavy atom. The highest BCUT2D eigenvalue weighted by Gasteiger charge is 2.14. The van der Waals surface area contributed by atoms with Crippen LogP contribution in [0.2, 0.25) is 0 Å². The van der Waals surface area contributed by atoms with Crippen LogP contribution in [0.5, 0.6) is 5.75 Å². The van der Waals surface area contributed by atoms with Gasteiger partial charge in [0.2, 0.25) is 0 Å². The maximum Gasteiger partial charge on any atom is 0.354 e. The van der Waals surface area contributed by atoms with E-state index in [2.05, 4.69) is 20.3 Å². The van der Waals surface area contributed by atoms with E-state index < -0.39 is 0 Å². The molecule has 4 aromatic rings. The summed E-state index contributed by atoms with van der Waals surface area (Å²) >= 11 is 0. The predicted molar refractivity (Wildman–Crippen MR) is 178 cm³/mol. The highest BCUT2D eigenvalue weighted by Crippen LogP contribution is 2.26. The highest BCUT2D eigenvalue weighted by molar-refractivity contribution is 5.96. The van der Waals surface area contributed by atoms with E-state index >= 15 is 0 Å². The molecule has 11 heteroatoms. The van der Waals surface area contributed by atoms with E-state index in [4.69, 9.17) is 16.2 Å². The normalized spacial score (nSPS) is 12.6. The molecule has 0 atom stereocenters. The molecule has 1 aliphatic carbocycles. The zero-order chi connectivity index (χ0) is 31.6. The number of hydrogen-bond acceptors (Lipinski definition) is 6. The molecule has 0 bridgehead atoms. The minimum atomic E-state index is -0.363. The predicted octanol–water partition coefficient (Wildman–Crippen LogP) is 3.64. The Bertz CT molecular complexity index is 1760. The van der Waals surface area contributed by atoms with Gasteiger partial charge in [-0.05, 0) is 68.1 Å². The summed E-state index contributed by atoms with van der Waals surface area (Å²) in [4.78, 5) is 38.8. The molecule has 1 aliphatic rings. The quantitative estimate of drug-likeness (QED) is 0.0967. The average Bonchev–Trinajstić information content (AvgIpc) is 3.47. The summed E-state index contributed by atoms with van der Waals surface area (Å²) in [5.41, 5.74) is 15.2. The van der Waals surface area contributed by atoms with Gasteiger partial charge < -0.3 is 31.4 Å². The molecule has 11 nitrogen and oxygen atoms in total. The lowest BCUT2D eigenvalue weighted by Crippen LogP contribution is -2.29. The lowest BCUT2D eigenvalue weighted by molar-refractivity contribution is -0.125. The number of nitrogens with zero attached hydrogens (tertiary/aromatic N) is 4. The van der Waals surface area contributed by atoms with Crippen molar-refractivity contribution in [1.82, 2.24) is 24.8 Å². The van der Waals surface area contributed by atoms with E-state index in [0.29, 0.717) is 38.3 Å². The van der Waals surface area contributed by atoms with E-state index in [1.165, 1.54) is 0 Å². The third-order valence-electron chi connectivity index (χ3n) is 7.50. The molecular formula is C34H40N8O3. The number of fused-ring (bicyclic) bond motifs is 1. The number of carbonyl (C=O) groups excluding carboxylic acids is 1. The lowest BCUT2D eigenvalue weighted by atomic mass is 10.1. The molecule has 0 radical (unpaired) electrons. The number of H-pyrrole nitrogens is 1. The summed E-state index contributed by atoms with van der Waals surface area (Å²) in [6.45, 7) is 3.17. The van der Waals surface area contributed by atoms with E-state index in [1.807, 2.05) is 79.9 Å². The zero-order valence-electron chi connectivity index (χ0n) is 25.5. The molecule has 2 aromatic heterocycles. The highest BCUT2D eigenvalue weighted by atomic mass is 16.5. The van der Waals surface area contributed by atoms with Crippen molar-refractivity contribution in [3.8, 4) is 22.7 Å². The van der Waals surface area contributed by atoms with Crippen LogP contribution in [0.3, 0.4) is 0 Å². The van der Waals surface area contributed by atoms with E-state index in [-0.39, 0.29) is 17.6 Å². The standard InChI is InChI=1S/C34H40N8O3/c1-41(32(43)25-8-3-2-4-9-25)18-7-19-45-29-11-5-10-26(20-29)30-21-27-23-42(34(44)40-31(27)39-30)28-14-12-24(13-15-28)22-37-16-6-17-38-33(35)36/h3,5,8-15,20-21,23,37H,2,4,6-7,16-19,22H2,1H3,(H4,35,36,38)(H,39,40,44). The maximum atomic E-state index is 12.9. The van der Waals surface area contributed by atoms with Crippen molar-refractivity contribution in [2.24, 2.45) is 16.5 Å². The first-order chi connectivity index (χ1) is 21.9. The number of aromatic nitrogens is 3. The number of benzene rings is 2. The molecule has 0 saturated carbocycles. The van der Waals surface area contributed by atoms with Crippen LogP contribution in [0.15, 0.2) is 94.4 Å². The van der Waals surface area contributed by atoms with Gasteiger partial charge >= 0.3 is 5.69 Å².